The minimum Gasteiger partial charge on any atom is -0.370 e. The lowest BCUT2D eigenvalue weighted by Crippen LogP contribution is -2.19. The smallest absolute Gasteiger partial charge is 0.144 e. The predicted molar refractivity (Wildman–Crippen MR) is 60.7 cm³/mol. The second-order valence-corrected chi connectivity index (χ2v) is 4.32. The summed E-state index contributed by atoms with van der Waals surface area (Å²) >= 11 is 0. The molecule has 0 aliphatic heterocycles. The molecule has 1 N–H and O–H groups in total. The number of ether oxygens (including phenoxy) is 1. The van der Waals surface area contributed by atoms with E-state index < -0.39 is 0 Å². The molecule has 1 rings (SSSR count). The van der Waals surface area contributed by atoms with Gasteiger partial charge in [-0.25, -0.2) is 4.98 Å². The molecule has 84 valence electrons. The monoisotopic (exact) mass is 209 g/mol. The first-order valence-corrected chi connectivity index (χ1v) is 5.20. The standard InChI is InChI=1S/C11H19N3O/c1-5-12-10-7-13-9(6-14-10)8-15-11(2,3)4/h6-7H,5,8H2,1-4H3,(H,12,14). The lowest BCUT2D eigenvalue weighted by Gasteiger charge is -2.18. The van der Waals surface area contributed by atoms with Crippen molar-refractivity contribution in [2.45, 2.75) is 39.9 Å². The Morgan fingerprint density at radius 2 is 2.00 bits per heavy atom. The number of nitrogens with one attached hydrogen (secondary N) is 1. The maximum atomic E-state index is 5.59. The van der Waals surface area contributed by atoms with Crippen LogP contribution in [0.4, 0.5) is 5.82 Å². The van der Waals surface area contributed by atoms with Crippen LogP contribution in [-0.4, -0.2) is 22.1 Å². The van der Waals surface area contributed by atoms with Gasteiger partial charge >= 0.3 is 0 Å². The summed E-state index contributed by atoms with van der Waals surface area (Å²) < 4.78 is 5.59. The lowest BCUT2D eigenvalue weighted by atomic mass is 10.2. The van der Waals surface area contributed by atoms with Gasteiger partial charge in [-0.05, 0) is 27.7 Å². The average Bonchev–Trinajstić information content (AvgIpc) is 2.16. The van der Waals surface area contributed by atoms with Crippen molar-refractivity contribution in [2.24, 2.45) is 0 Å². The molecule has 4 heteroatoms. The Balaban J connectivity index is 2.50. The van der Waals surface area contributed by atoms with Crippen molar-refractivity contribution in [1.82, 2.24) is 9.97 Å². The SMILES string of the molecule is CCNc1cnc(COC(C)(C)C)cn1. The lowest BCUT2D eigenvalue weighted by molar-refractivity contribution is -0.0165. The highest BCUT2D eigenvalue weighted by Gasteiger charge is 2.10. The Bertz CT molecular complexity index is 290. The summed E-state index contributed by atoms with van der Waals surface area (Å²) in [7, 11) is 0. The Morgan fingerprint density at radius 3 is 2.47 bits per heavy atom. The minimum absolute atomic E-state index is 0.137. The normalized spacial score (nSPS) is 11.5. The quantitative estimate of drug-likeness (QED) is 0.826. The van der Waals surface area contributed by atoms with Crippen molar-refractivity contribution >= 4 is 5.82 Å². The van der Waals surface area contributed by atoms with Gasteiger partial charge in [0.1, 0.15) is 5.82 Å². The maximum Gasteiger partial charge on any atom is 0.144 e. The number of aromatic nitrogens is 2. The molecule has 0 unspecified atom stereocenters. The molecule has 0 saturated carbocycles. The molecule has 1 heterocycles. The number of nitrogens with zero attached hydrogens (tertiary/aromatic N) is 2. The summed E-state index contributed by atoms with van der Waals surface area (Å²) in [6, 6.07) is 0. The Kier molecular flexibility index (Phi) is 4.03. The van der Waals surface area contributed by atoms with E-state index >= 15 is 0 Å². The van der Waals surface area contributed by atoms with Crippen molar-refractivity contribution in [3.63, 3.8) is 0 Å². The molecule has 15 heavy (non-hydrogen) atoms. The molecule has 0 fully saturated rings. The van der Waals surface area contributed by atoms with Crippen molar-refractivity contribution in [2.75, 3.05) is 11.9 Å². The summed E-state index contributed by atoms with van der Waals surface area (Å²) in [5.41, 5.74) is 0.716. The van der Waals surface area contributed by atoms with E-state index in [-0.39, 0.29) is 5.60 Å². The molecule has 0 atom stereocenters. The molecule has 0 spiro atoms. The van der Waals surface area contributed by atoms with E-state index in [9.17, 15) is 0 Å². The fourth-order valence-electron chi connectivity index (χ4n) is 0.992. The van der Waals surface area contributed by atoms with Crippen LogP contribution < -0.4 is 5.32 Å². The van der Waals surface area contributed by atoms with Gasteiger partial charge < -0.3 is 10.1 Å². The van der Waals surface area contributed by atoms with Crippen LogP contribution in [-0.2, 0) is 11.3 Å². The second-order valence-electron chi connectivity index (χ2n) is 4.32. The van der Waals surface area contributed by atoms with Crippen LogP contribution in [0.5, 0.6) is 0 Å². The van der Waals surface area contributed by atoms with Gasteiger partial charge in [0.05, 0.1) is 30.3 Å². The van der Waals surface area contributed by atoms with Crippen molar-refractivity contribution in [3.8, 4) is 0 Å². The van der Waals surface area contributed by atoms with E-state index in [0.717, 1.165) is 18.1 Å². The third-order valence-corrected chi connectivity index (χ3v) is 1.72. The summed E-state index contributed by atoms with van der Waals surface area (Å²) in [6.07, 6.45) is 3.47. The zero-order chi connectivity index (χ0) is 11.3. The van der Waals surface area contributed by atoms with Gasteiger partial charge in [0.2, 0.25) is 0 Å². The molecular formula is C11H19N3O. The summed E-state index contributed by atoms with van der Waals surface area (Å²) in [5, 5.41) is 3.09. The Labute approximate surface area is 91.1 Å². The molecule has 0 aliphatic carbocycles. The molecular weight excluding hydrogens is 190 g/mol. The van der Waals surface area contributed by atoms with E-state index in [4.69, 9.17) is 4.74 Å². The Hall–Kier alpha value is -1.16. The highest BCUT2D eigenvalue weighted by molar-refractivity contribution is 5.30. The van der Waals surface area contributed by atoms with Crippen molar-refractivity contribution < 1.29 is 4.74 Å². The molecule has 0 radical (unpaired) electrons. The van der Waals surface area contributed by atoms with E-state index in [1.54, 1.807) is 12.4 Å². The maximum absolute atomic E-state index is 5.59. The molecule has 0 amide bonds. The number of hydrogen-bond donors (Lipinski definition) is 1. The fourth-order valence-corrected chi connectivity index (χ4v) is 0.992. The molecule has 1 aromatic heterocycles. The summed E-state index contributed by atoms with van der Waals surface area (Å²) in [5.74, 6) is 0.803. The number of anilines is 1. The molecule has 0 aromatic carbocycles. The first kappa shape index (κ1) is 11.9. The van der Waals surface area contributed by atoms with Crippen LogP contribution in [0, 0.1) is 0 Å². The first-order valence-electron chi connectivity index (χ1n) is 5.20. The highest BCUT2D eigenvalue weighted by atomic mass is 16.5. The van der Waals surface area contributed by atoms with E-state index in [2.05, 4.69) is 15.3 Å². The van der Waals surface area contributed by atoms with Gasteiger partial charge in [0, 0.05) is 6.54 Å². The fraction of sp³-hybridized carbons (Fsp3) is 0.636. The summed E-state index contributed by atoms with van der Waals surface area (Å²) in [6.45, 7) is 9.45. The number of rotatable bonds is 4. The zero-order valence-corrected chi connectivity index (χ0v) is 9.87. The topological polar surface area (TPSA) is 47.0 Å². The second kappa shape index (κ2) is 5.07. The third kappa shape index (κ3) is 4.74. The van der Waals surface area contributed by atoms with E-state index in [1.165, 1.54) is 0 Å². The van der Waals surface area contributed by atoms with Gasteiger partial charge in [-0.2, -0.15) is 0 Å². The van der Waals surface area contributed by atoms with Crippen molar-refractivity contribution in [3.05, 3.63) is 18.1 Å². The van der Waals surface area contributed by atoms with Crippen LogP contribution in [0.15, 0.2) is 12.4 Å². The molecule has 1 aromatic rings. The van der Waals surface area contributed by atoms with Crippen molar-refractivity contribution in [1.29, 1.82) is 0 Å². The number of hydrogen-bond acceptors (Lipinski definition) is 4. The van der Waals surface area contributed by atoms with Crippen LogP contribution in [0.25, 0.3) is 0 Å². The predicted octanol–water partition coefficient (Wildman–Crippen LogP) is 2.22. The first-order chi connectivity index (χ1) is 7.01. The average molecular weight is 209 g/mol. The third-order valence-electron chi connectivity index (χ3n) is 1.72. The highest BCUT2D eigenvalue weighted by Crippen LogP contribution is 2.10. The minimum atomic E-state index is -0.137. The van der Waals surface area contributed by atoms with E-state index in [0.29, 0.717) is 6.61 Å². The van der Waals surface area contributed by atoms with Crippen LogP contribution in [0.1, 0.15) is 33.4 Å². The molecule has 0 aliphatic rings. The zero-order valence-electron chi connectivity index (χ0n) is 9.87. The molecule has 0 saturated heterocycles. The van der Waals surface area contributed by atoms with Gasteiger partial charge in [-0.15, -0.1) is 0 Å². The Morgan fingerprint density at radius 1 is 1.27 bits per heavy atom. The van der Waals surface area contributed by atoms with Gasteiger partial charge in [-0.3, -0.25) is 4.98 Å². The van der Waals surface area contributed by atoms with Crippen LogP contribution in [0.3, 0.4) is 0 Å². The van der Waals surface area contributed by atoms with Crippen LogP contribution >= 0.6 is 0 Å². The van der Waals surface area contributed by atoms with Gasteiger partial charge in [0.25, 0.3) is 0 Å². The van der Waals surface area contributed by atoms with Crippen LogP contribution in [0.2, 0.25) is 0 Å². The van der Waals surface area contributed by atoms with Gasteiger partial charge in [-0.1, -0.05) is 0 Å². The molecule has 0 bridgehead atoms. The largest absolute Gasteiger partial charge is 0.370 e. The van der Waals surface area contributed by atoms with Gasteiger partial charge in [0.15, 0.2) is 0 Å². The summed E-state index contributed by atoms with van der Waals surface area (Å²) in [4.78, 5) is 8.47. The van der Waals surface area contributed by atoms with E-state index in [1.807, 2.05) is 27.7 Å². The molecule has 4 nitrogen and oxygen atoms in total.